The van der Waals surface area contributed by atoms with Crippen molar-refractivity contribution in [1.29, 1.82) is 5.26 Å². The third-order valence-electron chi connectivity index (χ3n) is 2.11. The first-order chi connectivity index (χ1) is 8.51. The van der Waals surface area contributed by atoms with Gasteiger partial charge in [-0.3, -0.25) is 15.4 Å². The molecular weight excluding hydrogens is 276 g/mol. The van der Waals surface area contributed by atoms with Crippen LogP contribution in [0.5, 0.6) is 0 Å². The van der Waals surface area contributed by atoms with Gasteiger partial charge in [0, 0.05) is 11.6 Å². The fourth-order valence-corrected chi connectivity index (χ4v) is 1.77. The van der Waals surface area contributed by atoms with Crippen molar-refractivity contribution >= 4 is 39.9 Å². The number of amidine groups is 1. The van der Waals surface area contributed by atoms with Crippen LogP contribution in [0.25, 0.3) is 0 Å². The summed E-state index contributed by atoms with van der Waals surface area (Å²) in [5.41, 5.74) is 0.821. The van der Waals surface area contributed by atoms with Gasteiger partial charge in [-0.1, -0.05) is 23.4 Å². The minimum Gasteiger partial charge on any atom is -0.271 e. The van der Waals surface area contributed by atoms with Gasteiger partial charge in [0.25, 0.3) is 5.69 Å². The van der Waals surface area contributed by atoms with Crippen LogP contribution in [0.15, 0.2) is 17.1 Å². The van der Waals surface area contributed by atoms with E-state index >= 15 is 0 Å². The van der Waals surface area contributed by atoms with E-state index in [9.17, 15) is 10.1 Å². The summed E-state index contributed by atoms with van der Waals surface area (Å²) >= 11 is 7.15. The van der Waals surface area contributed by atoms with Crippen molar-refractivity contribution in [2.45, 2.75) is 6.92 Å². The molecule has 0 bridgehead atoms. The Hall–Kier alpha value is -1.78. The smallest absolute Gasteiger partial charge is 0.271 e. The Kier molecular flexibility index (Phi) is 4.95. The van der Waals surface area contributed by atoms with Crippen molar-refractivity contribution in [3.63, 3.8) is 0 Å². The first-order valence-electron chi connectivity index (χ1n) is 4.72. The first-order valence-corrected chi connectivity index (χ1v) is 6.32. The number of hydrogen-bond acceptors (Lipinski definition) is 5. The number of hydrogen-bond donors (Lipinski definition) is 1. The van der Waals surface area contributed by atoms with Crippen molar-refractivity contribution in [2.75, 3.05) is 6.26 Å². The van der Waals surface area contributed by atoms with Gasteiger partial charge >= 0.3 is 0 Å². The highest BCUT2D eigenvalue weighted by Gasteiger charge is 2.16. The molecule has 0 saturated heterocycles. The average Bonchev–Trinajstić information content (AvgIpc) is 2.33. The lowest BCUT2D eigenvalue weighted by Gasteiger charge is -2.05. The molecule has 94 valence electrons. The summed E-state index contributed by atoms with van der Waals surface area (Å²) in [4.78, 5) is 14.3. The Balaban J connectivity index is 3.25. The summed E-state index contributed by atoms with van der Waals surface area (Å²) in [6.45, 7) is 1.64. The molecule has 0 saturated carbocycles. The van der Waals surface area contributed by atoms with Gasteiger partial charge in [-0.2, -0.15) is 5.26 Å². The van der Waals surface area contributed by atoms with Gasteiger partial charge in [0.15, 0.2) is 11.4 Å². The van der Waals surface area contributed by atoms with E-state index in [0.717, 1.165) is 0 Å². The van der Waals surface area contributed by atoms with E-state index in [-0.39, 0.29) is 10.7 Å². The molecule has 1 rings (SSSR count). The number of thioether (sulfide) groups is 1. The van der Waals surface area contributed by atoms with Crippen LogP contribution in [-0.2, 0) is 0 Å². The van der Waals surface area contributed by atoms with Crippen molar-refractivity contribution in [3.05, 3.63) is 32.8 Å². The van der Waals surface area contributed by atoms with Crippen molar-refractivity contribution in [2.24, 2.45) is 4.99 Å². The summed E-state index contributed by atoms with van der Waals surface area (Å²) in [6.07, 6.45) is 3.52. The SMILES string of the molecule is CSC(=Nc1ccc([N+](=O)[O-])c(Cl)c1C)NC#N. The number of halogens is 1. The molecule has 0 radical (unpaired) electrons. The van der Waals surface area contributed by atoms with Gasteiger partial charge < -0.3 is 0 Å². The third-order valence-corrected chi connectivity index (χ3v) is 3.17. The molecule has 0 unspecified atom stereocenters. The van der Waals surface area contributed by atoms with Crippen molar-refractivity contribution in [3.8, 4) is 6.19 Å². The van der Waals surface area contributed by atoms with Crippen LogP contribution < -0.4 is 5.32 Å². The lowest BCUT2D eigenvalue weighted by atomic mass is 10.2. The number of nitro groups is 1. The van der Waals surface area contributed by atoms with Crippen LogP contribution in [0.2, 0.25) is 5.02 Å². The second-order valence-corrected chi connectivity index (χ2v) is 4.33. The molecule has 0 heterocycles. The Morgan fingerprint density at radius 2 is 2.33 bits per heavy atom. The Morgan fingerprint density at radius 1 is 1.67 bits per heavy atom. The Morgan fingerprint density at radius 3 is 2.83 bits per heavy atom. The second-order valence-electron chi connectivity index (χ2n) is 3.16. The van der Waals surface area contributed by atoms with Gasteiger partial charge in [-0.15, -0.1) is 0 Å². The fraction of sp³-hybridized carbons (Fsp3) is 0.200. The predicted molar refractivity (Wildman–Crippen MR) is 72.2 cm³/mol. The number of nitriles is 1. The minimum atomic E-state index is -0.550. The van der Waals surface area contributed by atoms with Crippen LogP contribution in [0.4, 0.5) is 11.4 Å². The molecule has 0 fully saturated rings. The van der Waals surface area contributed by atoms with E-state index in [1.54, 1.807) is 19.4 Å². The minimum absolute atomic E-state index is 0.0543. The molecular formula is C10H9ClN4O2S. The maximum atomic E-state index is 10.7. The normalized spacial score (nSPS) is 10.9. The molecule has 18 heavy (non-hydrogen) atoms. The average molecular weight is 285 g/mol. The maximum Gasteiger partial charge on any atom is 0.288 e. The quantitative estimate of drug-likeness (QED) is 0.225. The molecule has 0 aliphatic carbocycles. The number of rotatable bonds is 2. The molecule has 0 aliphatic rings. The van der Waals surface area contributed by atoms with E-state index in [1.165, 1.54) is 23.9 Å². The highest BCUT2D eigenvalue weighted by Crippen LogP contribution is 2.34. The topological polar surface area (TPSA) is 91.3 Å². The fourth-order valence-electron chi connectivity index (χ4n) is 1.20. The Labute approximate surface area is 113 Å². The first kappa shape index (κ1) is 14.3. The summed E-state index contributed by atoms with van der Waals surface area (Å²) in [6, 6.07) is 2.78. The van der Waals surface area contributed by atoms with Crippen molar-refractivity contribution < 1.29 is 4.92 Å². The van der Waals surface area contributed by atoms with E-state index in [1.807, 2.05) is 0 Å². The molecule has 1 aromatic rings. The Bertz CT molecular complexity index is 554. The zero-order valence-corrected chi connectivity index (χ0v) is 11.2. The van der Waals surface area contributed by atoms with Gasteiger partial charge in [-0.25, -0.2) is 4.99 Å². The summed E-state index contributed by atoms with van der Waals surface area (Å²) in [5, 5.41) is 22.1. The lowest BCUT2D eigenvalue weighted by Crippen LogP contribution is -2.12. The molecule has 8 heteroatoms. The number of nitrogens with one attached hydrogen (secondary N) is 1. The zero-order valence-electron chi connectivity index (χ0n) is 9.60. The third kappa shape index (κ3) is 3.12. The number of nitro benzene ring substituents is 1. The molecule has 1 N–H and O–H groups in total. The van der Waals surface area contributed by atoms with Crippen LogP contribution in [0.3, 0.4) is 0 Å². The second kappa shape index (κ2) is 6.23. The van der Waals surface area contributed by atoms with Crippen LogP contribution in [-0.4, -0.2) is 16.3 Å². The largest absolute Gasteiger partial charge is 0.288 e. The predicted octanol–water partition coefficient (Wildman–Crippen LogP) is 2.98. The van der Waals surface area contributed by atoms with E-state index in [0.29, 0.717) is 16.4 Å². The summed E-state index contributed by atoms with van der Waals surface area (Å²) in [7, 11) is 0. The van der Waals surface area contributed by atoms with E-state index in [4.69, 9.17) is 16.9 Å². The number of aliphatic imine (C=N–C) groups is 1. The van der Waals surface area contributed by atoms with Gasteiger partial charge in [0.1, 0.15) is 5.02 Å². The monoisotopic (exact) mass is 284 g/mol. The van der Waals surface area contributed by atoms with Crippen LogP contribution >= 0.6 is 23.4 Å². The molecule has 0 aliphatic heterocycles. The molecule has 6 nitrogen and oxygen atoms in total. The highest BCUT2D eigenvalue weighted by atomic mass is 35.5. The lowest BCUT2D eigenvalue weighted by molar-refractivity contribution is -0.384. The molecule has 1 aromatic carbocycles. The van der Waals surface area contributed by atoms with Crippen molar-refractivity contribution in [1.82, 2.24) is 5.32 Å². The molecule has 0 aromatic heterocycles. The van der Waals surface area contributed by atoms with E-state index < -0.39 is 4.92 Å². The molecule has 0 amide bonds. The summed E-state index contributed by atoms with van der Waals surface area (Å²) < 4.78 is 0. The standard InChI is InChI=1S/C10H9ClN4O2S/c1-6-7(14-10(18-2)13-5-12)3-4-8(9(6)11)15(16)17/h3-4H,1-2H3,(H,13,14). The maximum absolute atomic E-state index is 10.7. The molecule has 0 spiro atoms. The van der Waals surface area contributed by atoms with Gasteiger partial charge in [-0.05, 0) is 19.2 Å². The van der Waals surface area contributed by atoms with Gasteiger partial charge in [0.05, 0.1) is 10.6 Å². The summed E-state index contributed by atoms with van der Waals surface area (Å²) in [5.74, 6) is 0. The highest BCUT2D eigenvalue weighted by molar-refractivity contribution is 8.13. The van der Waals surface area contributed by atoms with Crippen LogP contribution in [0, 0.1) is 28.5 Å². The van der Waals surface area contributed by atoms with Gasteiger partial charge in [0.2, 0.25) is 0 Å². The molecule has 0 atom stereocenters. The number of nitrogens with zero attached hydrogens (tertiary/aromatic N) is 3. The number of benzene rings is 1. The zero-order chi connectivity index (χ0) is 13.7. The van der Waals surface area contributed by atoms with Crippen LogP contribution in [0.1, 0.15) is 5.56 Å². The van der Waals surface area contributed by atoms with E-state index in [2.05, 4.69) is 10.3 Å².